The van der Waals surface area contributed by atoms with E-state index in [1.807, 2.05) is 48.5 Å². The van der Waals surface area contributed by atoms with Crippen LogP contribution in [0.3, 0.4) is 0 Å². The molecule has 1 unspecified atom stereocenters. The fourth-order valence-corrected chi connectivity index (χ4v) is 7.07. The summed E-state index contributed by atoms with van der Waals surface area (Å²) in [6, 6.07) is 41.5. The van der Waals surface area contributed by atoms with E-state index in [0.29, 0.717) is 16.7 Å². The van der Waals surface area contributed by atoms with Crippen LogP contribution in [-0.4, -0.2) is 10.9 Å². The molecule has 0 saturated heterocycles. The van der Waals surface area contributed by atoms with E-state index in [9.17, 15) is 9.90 Å². The predicted molar refractivity (Wildman–Crippen MR) is 165 cm³/mol. The lowest BCUT2D eigenvalue weighted by Crippen LogP contribution is -2.09. The second-order valence-electron chi connectivity index (χ2n) is 10.2. The van der Waals surface area contributed by atoms with Gasteiger partial charge in [0.25, 0.3) is 0 Å². The van der Waals surface area contributed by atoms with Gasteiger partial charge in [-0.25, -0.2) is 0 Å². The molecule has 2 heterocycles. The first-order valence-corrected chi connectivity index (χ1v) is 14.1. The Morgan fingerprint density at radius 3 is 1.82 bits per heavy atom. The SMILES string of the molecule is O=C1/C(=C/c2ccc(N3c4ccccc4-c4ccccc4-c4ccccc43)s2)C(O)c2cc3ccccc3cc21. The van der Waals surface area contributed by atoms with Crippen molar-refractivity contribution in [2.75, 3.05) is 4.90 Å². The number of thiophene rings is 1. The van der Waals surface area contributed by atoms with Crippen LogP contribution in [0.5, 0.6) is 0 Å². The molecule has 5 aromatic carbocycles. The van der Waals surface area contributed by atoms with Gasteiger partial charge in [0, 0.05) is 27.1 Å². The van der Waals surface area contributed by atoms with Crippen molar-refractivity contribution in [1.29, 1.82) is 0 Å². The average molecular weight is 534 g/mol. The summed E-state index contributed by atoms with van der Waals surface area (Å²) in [5.41, 5.74) is 8.66. The molecule has 190 valence electrons. The van der Waals surface area contributed by atoms with Gasteiger partial charge in [-0.1, -0.05) is 84.9 Å². The van der Waals surface area contributed by atoms with Gasteiger partial charge in [-0.2, -0.15) is 0 Å². The molecule has 1 N–H and O–H groups in total. The molecule has 8 rings (SSSR count). The number of para-hydroxylation sites is 2. The summed E-state index contributed by atoms with van der Waals surface area (Å²) < 4.78 is 0. The Kier molecular flexibility index (Phi) is 5.14. The van der Waals surface area contributed by atoms with Crippen molar-refractivity contribution in [3.8, 4) is 22.3 Å². The summed E-state index contributed by atoms with van der Waals surface area (Å²) in [4.78, 5) is 16.7. The molecule has 0 fully saturated rings. The first-order valence-electron chi connectivity index (χ1n) is 13.3. The van der Waals surface area contributed by atoms with Gasteiger partial charge >= 0.3 is 0 Å². The van der Waals surface area contributed by atoms with Crippen LogP contribution < -0.4 is 4.90 Å². The van der Waals surface area contributed by atoms with Gasteiger partial charge in [0.1, 0.15) is 11.1 Å². The van der Waals surface area contributed by atoms with Crippen LogP contribution in [0, 0.1) is 0 Å². The zero-order chi connectivity index (χ0) is 26.8. The Bertz CT molecular complexity index is 1950. The summed E-state index contributed by atoms with van der Waals surface area (Å²) >= 11 is 1.61. The Labute approximate surface area is 235 Å². The molecule has 1 aliphatic carbocycles. The molecule has 1 aliphatic heterocycles. The summed E-state index contributed by atoms with van der Waals surface area (Å²) in [5, 5.41) is 14.3. The van der Waals surface area contributed by atoms with E-state index in [2.05, 4.69) is 83.8 Å². The quantitative estimate of drug-likeness (QED) is 0.225. The highest BCUT2D eigenvalue weighted by molar-refractivity contribution is 7.17. The Balaban J connectivity index is 1.25. The fraction of sp³-hybridized carbons (Fsp3) is 0.0278. The number of fused-ring (bicyclic) bond motifs is 7. The normalized spacial score (nSPS) is 16.4. The zero-order valence-electron chi connectivity index (χ0n) is 21.4. The van der Waals surface area contributed by atoms with Crippen molar-refractivity contribution in [3.05, 3.63) is 143 Å². The first kappa shape index (κ1) is 23.1. The van der Waals surface area contributed by atoms with E-state index < -0.39 is 6.10 Å². The first-order chi connectivity index (χ1) is 19.7. The Morgan fingerprint density at radius 2 is 1.18 bits per heavy atom. The highest BCUT2D eigenvalue weighted by atomic mass is 32.1. The maximum Gasteiger partial charge on any atom is 0.192 e. The largest absolute Gasteiger partial charge is 0.383 e. The highest BCUT2D eigenvalue weighted by Gasteiger charge is 2.34. The van der Waals surface area contributed by atoms with Gasteiger partial charge in [-0.15, -0.1) is 11.3 Å². The molecule has 0 amide bonds. The molecule has 0 bridgehead atoms. The predicted octanol–water partition coefficient (Wildman–Crippen LogP) is 9.33. The molecule has 4 heteroatoms. The minimum Gasteiger partial charge on any atom is -0.383 e. The lowest BCUT2D eigenvalue weighted by atomic mass is 9.95. The van der Waals surface area contributed by atoms with E-state index in [-0.39, 0.29) is 5.78 Å². The topological polar surface area (TPSA) is 40.5 Å². The maximum absolute atomic E-state index is 13.4. The van der Waals surface area contributed by atoms with Crippen LogP contribution in [0.1, 0.15) is 26.9 Å². The molecule has 3 nitrogen and oxygen atoms in total. The van der Waals surface area contributed by atoms with E-state index in [0.717, 1.165) is 32.0 Å². The molecule has 1 atom stereocenters. The second kappa shape index (κ2) is 8.88. The number of benzene rings is 5. The zero-order valence-corrected chi connectivity index (χ0v) is 22.2. The summed E-state index contributed by atoms with van der Waals surface area (Å²) in [6.07, 6.45) is 0.919. The number of carbonyl (C=O) groups is 1. The van der Waals surface area contributed by atoms with Crippen molar-refractivity contribution < 1.29 is 9.90 Å². The van der Waals surface area contributed by atoms with E-state index in [1.54, 1.807) is 11.3 Å². The number of ketones is 1. The highest BCUT2D eigenvalue weighted by Crippen LogP contribution is 2.52. The van der Waals surface area contributed by atoms with Crippen molar-refractivity contribution in [3.63, 3.8) is 0 Å². The lowest BCUT2D eigenvalue weighted by molar-refractivity contribution is 0.102. The lowest BCUT2D eigenvalue weighted by Gasteiger charge is -2.25. The fourth-order valence-electron chi connectivity index (χ4n) is 6.08. The summed E-state index contributed by atoms with van der Waals surface area (Å²) in [6.45, 7) is 0. The number of aliphatic hydroxyl groups is 1. The Hall–Kier alpha value is -4.77. The number of anilines is 3. The van der Waals surface area contributed by atoms with E-state index in [4.69, 9.17) is 0 Å². The van der Waals surface area contributed by atoms with Crippen LogP contribution in [0.25, 0.3) is 39.1 Å². The number of nitrogens with zero attached hydrogens (tertiary/aromatic N) is 1. The van der Waals surface area contributed by atoms with Crippen molar-refractivity contribution in [1.82, 2.24) is 0 Å². The standard InChI is InChI=1S/C36H23NO2S/c38-35-29-19-22-9-1-2-10-23(22)20-30(29)36(39)31(35)21-24-17-18-34(40-24)37-32-15-7-5-13-27(32)25-11-3-4-12-26(25)28-14-6-8-16-33(28)37/h1-21,35,38H/b31-21+. The van der Waals surface area contributed by atoms with Crippen LogP contribution in [0.15, 0.2) is 127 Å². The number of hydrogen-bond donors (Lipinski definition) is 1. The van der Waals surface area contributed by atoms with Gasteiger partial charge < -0.3 is 10.0 Å². The minimum absolute atomic E-state index is 0.107. The molecular formula is C36H23NO2S. The van der Waals surface area contributed by atoms with E-state index >= 15 is 0 Å². The molecule has 0 radical (unpaired) electrons. The molecule has 6 aromatic rings. The van der Waals surface area contributed by atoms with Crippen LogP contribution in [0.2, 0.25) is 0 Å². The van der Waals surface area contributed by atoms with Crippen molar-refractivity contribution in [2.24, 2.45) is 0 Å². The van der Waals surface area contributed by atoms with E-state index in [1.165, 1.54) is 22.3 Å². The van der Waals surface area contributed by atoms with Crippen LogP contribution in [-0.2, 0) is 0 Å². The van der Waals surface area contributed by atoms with Crippen LogP contribution >= 0.6 is 11.3 Å². The Morgan fingerprint density at radius 1 is 0.625 bits per heavy atom. The third-order valence-electron chi connectivity index (χ3n) is 7.94. The van der Waals surface area contributed by atoms with Gasteiger partial charge in [0.05, 0.1) is 11.4 Å². The van der Waals surface area contributed by atoms with Crippen LogP contribution in [0.4, 0.5) is 16.4 Å². The summed E-state index contributed by atoms with van der Waals surface area (Å²) in [5.74, 6) is -0.107. The van der Waals surface area contributed by atoms with Gasteiger partial charge in [0.15, 0.2) is 5.78 Å². The number of Topliss-reactive ketones (excluding diaryl/α,β-unsaturated/α-hetero) is 1. The minimum atomic E-state index is -0.938. The van der Waals surface area contributed by atoms with Crippen molar-refractivity contribution in [2.45, 2.75) is 6.10 Å². The monoisotopic (exact) mass is 533 g/mol. The smallest absolute Gasteiger partial charge is 0.192 e. The number of aliphatic hydroxyl groups excluding tert-OH is 1. The number of carbonyl (C=O) groups excluding carboxylic acids is 1. The van der Waals surface area contributed by atoms with Gasteiger partial charge in [-0.3, -0.25) is 4.79 Å². The molecule has 2 aliphatic rings. The number of hydrogen-bond acceptors (Lipinski definition) is 4. The molecule has 40 heavy (non-hydrogen) atoms. The van der Waals surface area contributed by atoms with Gasteiger partial charge in [-0.05, 0) is 69.9 Å². The number of rotatable bonds is 2. The third kappa shape index (κ3) is 3.44. The average Bonchev–Trinajstić information content (AvgIpc) is 3.51. The second-order valence-corrected chi connectivity index (χ2v) is 11.3. The maximum atomic E-state index is 13.4. The van der Waals surface area contributed by atoms with Gasteiger partial charge in [0.2, 0.25) is 0 Å². The molecule has 1 aromatic heterocycles. The summed E-state index contributed by atoms with van der Waals surface area (Å²) in [7, 11) is 0. The van der Waals surface area contributed by atoms with Crippen molar-refractivity contribution >= 4 is 50.3 Å². The third-order valence-corrected chi connectivity index (χ3v) is 8.96. The molecular weight excluding hydrogens is 510 g/mol. The molecule has 0 saturated carbocycles. The molecule has 0 spiro atoms.